The number of rotatable bonds is 5. The van der Waals surface area contributed by atoms with Crippen molar-refractivity contribution in [2.75, 3.05) is 32.7 Å². The number of nitrogens with one attached hydrogen (secondary N) is 1. The molecule has 0 radical (unpaired) electrons. The van der Waals surface area contributed by atoms with Crippen LogP contribution in [0.4, 0.5) is 0 Å². The van der Waals surface area contributed by atoms with Gasteiger partial charge in [-0.2, -0.15) is 0 Å². The van der Waals surface area contributed by atoms with Gasteiger partial charge in [0.15, 0.2) is 0 Å². The van der Waals surface area contributed by atoms with Gasteiger partial charge in [0, 0.05) is 32.2 Å². The second kappa shape index (κ2) is 8.67. The van der Waals surface area contributed by atoms with E-state index >= 15 is 0 Å². The molecule has 27 heavy (non-hydrogen) atoms. The van der Waals surface area contributed by atoms with Gasteiger partial charge in [0.2, 0.25) is 5.91 Å². The fourth-order valence-corrected chi connectivity index (χ4v) is 5.28. The summed E-state index contributed by atoms with van der Waals surface area (Å²) in [5, 5.41) is 4.47. The average Bonchev–Trinajstić information content (AvgIpc) is 3.07. The first-order valence-corrected chi connectivity index (χ1v) is 11.1. The number of piperazine rings is 1. The normalized spacial score (nSPS) is 24.9. The number of nitrogens with zero attached hydrogens (tertiary/aromatic N) is 3. The van der Waals surface area contributed by atoms with Crippen molar-refractivity contribution in [3.8, 4) is 0 Å². The maximum Gasteiger partial charge on any atom is 0.234 e. The lowest BCUT2D eigenvalue weighted by Crippen LogP contribution is -2.51. The van der Waals surface area contributed by atoms with E-state index in [0.717, 1.165) is 44.7 Å². The summed E-state index contributed by atoms with van der Waals surface area (Å²) in [5.74, 6) is 0.821. The molecule has 1 aromatic heterocycles. The van der Waals surface area contributed by atoms with Crippen molar-refractivity contribution < 1.29 is 4.79 Å². The van der Waals surface area contributed by atoms with E-state index in [4.69, 9.17) is 4.98 Å². The minimum Gasteiger partial charge on any atom is -0.352 e. The molecule has 1 aliphatic carbocycles. The molecular formula is C21H30N4OS. The predicted octanol–water partition coefficient (Wildman–Crippen LogP) is 3.11. The minimum atomic E-state index is 0.202. The Morgan fingerprint density at radius 3 is 2.67 bits per heavy atom. The van der Waals surface area contributed by atoms with Crippen molar-refractivity contribution in [2.45, 2.75) is 45.2 Å². The number of carbonyl (C=O) groups is 1. The molecule has 2 aromatic rings. The number of carbonyl (C=O) groups excluding carboxylic acids is 1. The van der Waals surface area contributed by atoms with Crippen molar-refractivity contribution >= 4 is 27.5 Å². The van der Waals surface area contributed by atoms with E-state index in [0.29, 0.717) is 18.5 Å². The van der Waals surface area contributed by atoms with Crippen molar-refractivity contribution in [1.29, 1.82) is 0 Å². The SMILES string of the molecule is C[C@H]1CCCC[C@H]1NC(=O)CN1CCN(Cc2nc3ccccc3s2)CC1. The Bertz CT molecular complexity index is 735. The Balaban J connectivity index is 1.22. The van der Waals surface area contributed by atoms with Gasteiger partial charge >= 0.3 is 0 Å². The van der Waals surface area contributed by atoms with E-state index < -0.39 is 0 Å². The summed E-state index contributed by atoms with van der Waals surface area (Å²) in [6, 6.07) is 8.72. The molecule has 1 amide bonds. The van der Waals surface area contributed by atoms with Gasteiger partial charge in [0.1, 0.15) is 5.01 Å². The van der Waals surface area contributed by atoms with Crippen LogP contribution in [-0.4, -0.2) is 59.5 Å². The zero-order chi connectivity index (χ0) is 18.6. The standard InChI is InChI=1S/C21H30N4OS/c1-16-6-2-3-7-17(16)22-20(26)14-24-10-12-25(13-11-24)15-21-23-18-8-4-5-9-19(18)27-21/h4-5,8-9,16-17H,2-3,6-7,10-15H2,1H3,(H,22,26)/t16-,17+/m0/s1. The highest BCUT2D eigenvalue weighted by Crippen LogP contribution is 2.24. The molecule has 0 unspecified atom stereocenters. The number of aromatic nitrogens is 1. The van der Waals surface area contributed by atoms with Crippen molar-refractivity contribution in [3.05, 3.63) is 29.3 Å². The summed E-state index contributed by atoms with van der Waals surface area (Å²) >= 11 is 1.79. The van der Waals surface area contributed by atoms with Gasteiger partial charge in [0.25, 0.3) is 0 Å². The molecule has 6 heteroatoms. The highest BCUT2D eigenvalue weighted by atomic mass is 32.1. The first kappa shape index (κ1) is 18.8. The third kappa shape index (κ3) is 4.86. The maximum absolute atomic E-state index is 12.4. The van der Waals surface area contributed by atoms with Crippen molar-refractivity contribution in [2.24, 2.45) is 5.92 Å². The van der Waals surface area contributed by atoms with E-state index in [2.05, 4.69) is 40.2 Å². The first-order chi connectivity index (χ1) is 13.2. The lowest BCUT2D eigenvalue weighted by molar-refractivity contribution is -0.124. The van der Waals surface area contributed by atoms with Crippen molar-refractivity contribution in [3.63, 3.8) is 0 Å². The molecule has 1 N–H and O–H groups in total. The van der Waals surface area contributed by atoms with Crippen LogP contribution in [0.3, 0.4) is 0 Å². The topological polar surface area (TPSA) is 48.5 Å². The minimum absolute atomic E-state index is 0.202. The quantitative estimate of drug-likeness (QED) is 0.858. The molecule has 2 fully saturated rings. The fraction of sp³-hybridized carbons (Fsp3) is 0.619. The van der Waals surface area contributed by atoms with Crippen LogP contribution in [0.2, 0.25) is 0 Å². The van der Waals surface area contributed by atoms with Crippen LogP contribution in [0.5, 0.6) is 0 Å². The third-order valence-electron chi connectivity index (χ3n) is 5.99. The maximum atomic E-state index is 12.4. The molecule has 2 heterocycles. The number of benzene rings is 1. The molecule has 0 bridgehead atoms. The monoisotopic (exact) mass is 386 g/mol. The Morgan fingerprint density at radius 2 is 1.89 bits per heavy atom. The molecule has 1 aromatic carbocycles. The van der Waals surface area contributed by atoms with Crippen LogP contribution < -0.4 is 5.32 Å². The second-order valence-corrected chi connectivity index (χ2v) is 9.18. The number of hydrogen-bond donors (Lipinski definition) is 1. The largest absolute Gasteiger partial charge is 0.352 e. The smallest absolute Gasteiger partial charge is 0.234 e. The van der Waals surface area contributed by atoms with Gasteiger partial charge in [-0.3, -0.25) is 14.6 Å². The summed E-state index contributed by atoms with van der Waals surface area (Å²) < 4.78 is 1.26. The molecule has 0 spiro atoms. The average molecular weight is 387 g/mol. The van der Waals surface area contributed by atoms with Crippen LogP contribution >= 0.6 is 11.3 Å². The van der Waals surface area contributed by atoms with Crippen LogP contribution in [0.15, 0.2) is 24.3 Å². The van der Waals surface area contributed by atoms with Crippen LogP contribution in [0.25, 0.3) is 10.2 Å². The number of amides is 1. The fourth-order valence-electron chi connectivity index (χ4n) is 4.27. The van der Waals surface area contributed by atoms with Gasteiger partial charge in [-0.15, -0.1) is 11.3 Å². The van der Waals surface area contributed by atoms with Gasteiger partial charge in [-0.05, 0) is 30.9 Å². The van der Waals surface area contributed by atoms with Gasteiger partial charge in [-0.25, -0.2) is 4.98 Å². The van der Waals surface area contributed by atoms with Crippen LogP contribution in [0, 0.1) is 5.92 Å². The Morgan fingerprint density at radius 1 is 1.15 bits per heavy atom. The van der Waals surface area contributed by atoms with E-state index in [1.807, 2.05) is 6.07 Å². The van der Waals surface area contributed by atoms with E-state index in [9.17, 15) is 4.79 Å². The highest BCUT2D eigenvalue weighted by molar-refractivity contribution is 7.18. The first-order valence-electron chi connectivity index (χ1n) is 10.3. The number of fused-ring (bicyclic) bond motifs is 1. The molecule has 2 atom stereocenters. The third-order valence-corrected chi connectivity index (χ3v) is 7.01. The molecule has 4 rings (SSSR count). The van der Waals surface area contributed by atoms with E-state index in [1.165, 1.54) is 29.0 Å². The predicted molar refractivity (Wildman–Crippen MR) is 111 cm³/mol. The summed E-state index contributed by atoms with van der Waals surface area (Å²) in [5.41, 5.74) is 1.10. The molecule has 1 saturated heterocycles. The van der Waals surface area contributed by atoms with Crippen LogP contribution in [0.1, 0.15) is 37.6 Å². The summed E-state index contributed by atoms with van der Waals surface area (Å²) in [6.45, 7) is 7.64. The lowest BCUT2D eigenvalue weighted by Gasteiger charge is -2.35. The number of para-hydroxylation sites is 1. The van der Waals surface area contributed by atoms with Crippen LogP contribution in [-0.2, 0) is 11.3 Å². The molecule has 2 aliphatic rings. The van der Waals surface area contributed by atoms with Gasteiger partial charge < -0.3 is 5.32 Å². The molecule has 1 aliphatic heterocycles. The highest BCUT2D eigenvalue weighted by Gasteiger charge is 2.25. The Labute approximate surface area is 165 Å². The zero-order valence-electron chi connectivity index (χ0n) is 16.2. The summed E-state index contributed by atoms with van der Waals surface area (Å²) in [4.78, 5) is 21.9. The van der Waals surface area contributed by atoms with Gasteiger partial charge in [0.05, 0.1) is 23.3 Å². The summed E-state index contributed by atoms with van der Waals surface area (Å²) in [7, 11) is 0. The van der Waals surface area contributed by atoms with E-state index in [1.54, 1.807) is 11.3 Å². The Hall–Kier alpha value is -1.50. The molecular weight excluding hydrogens is 356 g/mol. The van der Waals surface area contributed by atoms with Gasteiger partial charge in [-0.1, -0.05) is 31.9 Å². The molecule has 1 saturated carbocycles. The second-order valence-electron chi connectivity index (χ2n) is 8.06. The number of hydrogen-bond acceptors (Lipinski definition) is 5. The van der Waals surface area contributed by atoms with E-state index in [-0.39, 0.29) is 5.91 Å². The summed E-state index contributed by atoms with van der Waals surface area (Å²) in [6.07, 6.45) is 4.95. The molecule has 146 valence electrons. The zero-order valence-corrected chi connectivity index (χ0v) is 17.0. The molecule has 5 nitrogen and oxygen atoms in total. The number of thiazole rings is 1. The van der Waals surface area contributed by atoms with Crippen molar-refractivity contribution in [1.82, 2.24) is 20.1 Å². The lowest BCUT2D eigenvalue weighted by atomic mass is 9.86. The Kier molecular flexibility index (Phi) is 6.05.